The molecule has 1 aromatic carbocycles. The van der Waals surface area contributed by atoms with Gasteiger partial charge in [0, 0.05) is 18.0 Å². The van der Waals surface area contributed by atoms with Crippen molar-refractivity contribution in [1.29, 1.82) is 0 Å². The van der Waals surface area contributed by atoms with Crippen molar-refractivity contribution in [1.82, 2.24) is 9.97 Å². The monoisotopic (exact) mass is 252 g/mol. The van der Waals surface area contributed by atoms with Crippen LogP contribution in [0.15, 0.2) is 30.6 Å². The van der Waals surface area contributed by atoms with Crippen molar-refractivity contribution in [2.45, 2.75) is 13.5 Å². The predicted molar refractivity (Wildman–Crippen MR) is 62.5 cm³/mol. The molecule has 1 heterocycles. The van der Waals surface area contributed by atoms with Gasteiger partial charge in [-0.05, 0) is 24.6 Å². The Morgan fingerprint density at radius 1 is 1.29 bits per heavy atom. The summed E-state index contributed by atoms with van der Waals surface area (Å²) in [7, 11) is 0. The van der Waals surface area contributed by atoms with E-state index in [1.807, 2.05) is 6.92 Å². The van der Waals surface area contributed by atoms with Gasteiger partial charge in [0.2, 0.25) is 0 Å². The second-order valence-corrected chi connectivity index (χ2v) is 3.94. The van der Waals surface area contributed by atoms with Gasteiger partial charge in [-0.1, -0.05) is 17.7 Å². The van der Waals surface area contributed by atoms with Gasteiger partial charge in [0.15, 0.2) is 0 Å². The molecular formula is C12H10ClFN2O. The van der Waals surface area contributed by atoms with E-state index in [1.165, 1.54) is 6.07 Å². The molecule has 0 amide bonds. The number of rotatable bonds is 3. The maximum Gasteiger partial charge on any atom is 0.316 e. The molecule has 0 aliphatic heterocycles. The topological polar surface area (TPSA) is 35.0 Å². The van der Waals surface area contributed by atoms with Crippen LogP contribution in [0, 0.1) is 12.7 Å². The first-order valence-electron chi connectivity index (χ1n) is 5.01. The second kappa shape index (κ2) is 5.10. The van der Waals surface area contributed by atoms with E-state index in [2.05, 4.69) is 9.97 Å². The summed E-state index contributed by atoms with van der Waals surface area (Å²) in [6.07, 6.45) is 3.26. The number of nitrogens with zero attached hydrogens (tertiary/aromatic N) is 2. The van der Waals surface area contributed by atoms with Crippen LogP contribution in [-0.2, 0) is 6.61 Å². The van der Waals surface area contributed by atoms with Crippen molar-refractivity contribution < 1.29 is 9.13 Å². The molecule has 1 aromatic heterocycles. The van der Waals surface area contributed by atoms with Gasteiger partial charge >= 0.3 is 6.01 Å². The molecule has 0 atom stereocenters. The standard InChI is InChI=1S/C12H10ClFN2O/c1-8-5-15-12(16-6-8)17-7-9-10(13)3-2-4-11(9)14/h2-6H,7H2,1H3. The molecule has 17 heavy (non-hydrogen) atoms. The Kier molecular flexibility index (Phi) is 3.54. The minimum Gasteiger partial charge on any atom is -0.458 e. The van der Waals surface area contributed by atoms with Gasteiger partial charge in [-0.15, -0.1) is 0 Å². The molecule has 0 aliphatic carbocycles. The average Bonchev–Trinajstić information content (AvgIpc) is 2.31. The summed E-state index contributed by atoms with van der Waals surface area (Å²) in [5.74, 6) is -0.399. The molecule has 0 saturated carbocycles. The Hall–Kier alpha value is -1.68. The molecule has 0 spiro atoms. The van der Waals surface area contributed by atoms with Crippen molar-refractivity contribution in [2.75, 3.05) is 0 Å². The Balaban J connectivity index is 2.10. The largest absolute Gasteiger partial charge is 0.458 e. The van der Waals surface area contributed by atoms with Crippen LogP contribution < -0.4 is 4.74 Å². The Morgan fingerprint density at radius 3 is 2.65 bits per heavy atom. The zero-order valence-corrected chi connectivity index (χ0v) is 9.91. The molecule has 0 aliphatic rings. The van der Waals surface area contributed by atoms with Gasteiger partial charge < -0.3 is 4.74 Å². The molecule has 0 N–H and O–H groups in total. The van der Waals surface area contributed by atoms with E-state index in [1.54, 1.807) is 24.5 Å². The third kappa shape index (κ3) is 2.91. The number of aromatic nitrogens is 2. The van der Waals surface area contributed by atoms with Crippen molar-refractivity contribution >= 4 is 11.6 Å². The van der Waals surface area contributed by atoms with Crippen LogP contribution in [0.2, 0.25) is 5.02 Å². The van der Waals surface area contributed by atoms with Crippen LogP contribution >= 0.6 is 11.6 Å². The van der Waals surface area contributed by atoms with E-state index in [4.69, 9.17) is 16.3 Å². The summed E-state index contributed by atoms with van der Waals surface area (Å²) in [6, 6.07) is 4.69. The molecule has 0 bridgehead atoms. The van der Waals surface area contributed by atoms with Crippen LogP contribution in [-0.4, -0.2) is 9.97 Å². The van der Waals surface area contributed by atoms with Gasteiger partial charge in [-0.2, -0.15) is 0 Å². The minimum absolute atomic E-state index is 0.00850. The third-order valence-electron chi connectivity index (χ3n) is 2.16. The van der Waals surface area contributed by atoms with Gasteiger partial charge in [-0.25, -0.2) is 14.4 Å². The summed E-state index contributed by atoms with van der Waals surface area (Å²) in [6.45, 7) is 1.88. The molecule has 2 aromatic rings. The van der Waals surface area contributed by atoms with E-state index in [9.17, 15) is 4.39 Å². The lowest BCUT2D eigenvalue weighted by Gasteiger charge is -2.06. The maximum atomic E-state index is 13.4. The zero-order valence-electron chi connectivity index (χ0n) is 9.15. The quantitative estimate of drug-likeness (QED) is 0.842. The summed E-state index contributed by atoms with van der Waals surface area (Å²) in [5, 5.41) is 0.331. The fourth-order valence-corrected chi connectivity index (χ4v) is 1.48. The lowest BCUT2D eigenvalue weighted by Crippen LogP contribution is -2.02. The molecule has 3 nitrogen and oxygen atoms in total. The number of halogens is 2. The summed E-state index contributed by atoms with van der Waals surface area (Å²) in [4.78, 5) is 7.91. The van der Waals surface area contributed by atoms with Gasteiger partial charge in [0.25, 0.3) is 0 Å². The maximum absolute atomic E-state index is 13.4. The highest BCUT2D eigenvalue weighted by atomic mass is 35.5. The van der Waals surface area contributed by atoms with Crippen LogP contribution in [0.1, 0.15) is 11.1 Å². The molecule has 5 heteroatoms. The molecule has 0 unspecified atom stereocenters. The fraction of sp³-hybridized carbons (Fsp3) is 0.167. The summed E-state index contributed by atoms with van der Waals surface area (Å²) in [5.41, 5.74) is 1.24. The SMILES string of the molecule is Cc1cnc(OCc2c(F)cccc2Cl)nc1. The Morgan fingerprint density at radius 2 is 2.00 bits per heavy atom. The smallest absolute Gasteiger partial charge is 0.316 e. The van der Waals surface area contributed by atoms with Crippen molar-refractivity contribution in [3.05, 3.63) is 52.6 Å². The van der Waals surface area contributed by atoms with Crippen LogP contribution in [0.5, 0.6) is 6.01 Å². The molecule has 0 fully saturated rings. The van der Waals surface area contributed by atoms with Gasteiger partial charge in [0.1, 0.15) is 12.4 Å². The third-order valence-corrected chi connectivity index (χ3v) is 2.52. The van der Waals surface area contributed by atoms with Crippen molar-refractivity contribution in [2.24, 2.45) is 0 Å². The highest BCUT2D eigenvalue weighted by molar-refractivity contribution is 6.31. The normalized spacial score (nSPS) is 10.3. The number of benzene rings is 1. The first kappa shape index (κ1) is 11.8. The molecule has 0 saturated heterocycles. The number of aryl methyl sites for hydroxylation is 1. The van der Waals surface area contributed by atoms with Gasteiger partial charge in [0.05, 0.1) is 5.02 Å². The first-order chi connectivity index (χ1) is 8.16. The zero-order chi connectivity index (χ0) is 12.3. The first-order valence-corrected chi connectivity index (χ1v) is 5.39. The molecule has 2 rings (SSSR count). The number of hydrogen-bond donors (Lipinski definition) is 0. The van der Waals surface area contributed by atoms with E-state index in [-0.39, 0.29) is 12.6 Å². The fourth-order valence-electron chi connectivity index (χ4n) is 1.26. The Bertz CT molecular complexity index is 496. The van der Waals surface area contributed by atoms with Crippen molar-refractivity contribution in [3.8, 4) is 6.01 Å². The molecular weight excluding hydrogens is 243 g/mol. The van der Waals surface area contributed by atoms with Gasteiger partial charge in [-0.3, -0.25) is 0 Å². The van der Waals surface area contributed by atoms with E-state index >= 15 is 0 Å². The van der Waals surface area contributed by atoms with Crippen LogP contribution in [0.4, 0.5) is 4.39 Å². The van der Waals surface area contributed by atoms with Crippen molar-refractivity contribution in [3.63, 3.8) is 0 Å². The second-order valence-electron chi connectivity index (χ2n) is 3.53. The average molecular weight is 253 g/mol. The highest BCUT2D eigenvalue weighted by Crippen LogP contribution is 2.20. The molecule has 0 radical (unpaired) electrons. The highest BCUT2D eigenvalue weighted by Gasteiger charge is 2.08. The lowest BCUT2D eigenvalue weighted by atomic mass is 10.2. The van der Waals surface area contributed by atoms with E-state index in [0.29, 0.717) is 10.6 Å². The predicted octanol–water partition coefficient (Wildman–Crippen LogP) is 3.16. The number of hydrogen-bond acceptors (Lipinski definition) is 3. The van der Waals surface area contributed by atoms with Crippen LogP contribution in [0.3, 0.4) is 0 Å². The van der Waals surface area contributed by atoms with E-state index in [0.717, 1.165) is 5.56 Å². The summed E-state index contributed by atoms with van der Waals surface area (Å²) < 4.78 is 18.7. The minimum atomic E-state index is -0.399. The number of ether oxygens (including phenoxy) is 1. The van der Waals surface area contributed by atoms with Crippen LogP contribution in [0.25, 0.3) is 0 Å². The Labute approximate surface area is 103 Å². The molecule has 88 valence electrons. The summed E-state index contributed by atoms with van der Waals surface area (Å²) >= 11 is 5.86. The lowest BCUT2D eigenvalue weighted by molar-refractivity contribution is 0.275. The van der Waals surface area contributed by atoms with E-state index < -0.39 is 5.82 Å².